The van der Waals surface area contributed by atoms with Gasteiger partial charge >= 0.3 is 0 Å². The zero-order valence-electron chi connectivity index (χ0n) is 14.9. The third-order valence-electron chi connectivity index (χ3n) is 5.26. The highest BCUT2D eigenvalue weighted by Crippen LogP contribution is 2.25. The largest absolute Gasteiger partial charge is 0.348 e. The van der Waals surface area contributed by atoms with Crippen molar-refractivity contribution < 1.29 is 9.18 Å². The van der Waals surface area contributed by atoms with Crippen LogP contribution in [0.15, 0.2) is 42.9 Å². The standard InChI is InChI=1S/C19H23FN6O/c20-14-3-1-13(2-4-14)16-11-18(25-24-16)26-9-5-15(6-10-26)23-19(27)17-12-21-7-8-22-17/h1-4,7-8,12,15-16,18,24-25H,5-6,9-11H2,(H,23,27). The Morgan fingerprint density at radius 3 is 2.63 bits per heavy atom. The average Bonchev–Trinajstić information content (AvgIpc) is 3.20. The van der Waals surface area contributed by atoms with Gasteiger partial charge in [0.05, 0.1) is 12.4 Å². The van der Waals surface area contributed by atoms with E-state index in [4.69, 9.17) is 0 Å². The maximum Gasteiger partial charge on any atom is 0.271 e. The molecule has 3 N–H and O–H groups in total. The number of carbonyl (C=O) groups excluding carboxylic acids is 1. The van der Waals surface area contributed by atoms with Gasteiger partial charge in [-0.25, -0.2) is 20.2 Å². The third-order valence-corrected chi connectivity index (χ3v) is 5.26. The Balaban J connectivity index is 1.26. The lowest BCUT2D eigenvalue weighted by molar-refractivity contribution is 0.0875. The third kappa shape index (κ3) is 4.29. The summed E-state index contributed by atoms with van der Waals surface area (Å²) in [4.78, 5) is 22.6. The van der Waals surface area contributed by atoms with Gasteiger partial charge in [0.15, 0.2) is 0 Å². The Kier molecular flexibility index (Phi) is 5.38. The minimum absolute atomic E-state index is 0.151. The molecule has 2 aliphatic rings. The second kappa shape index (κ2) is 8.08. The van der Waals surface area contributed by atoms with Crippen LogP contribution in [0.4, 0.5) is 4.39 Å². The molecule has 2 aromatic rings. The average molecular weight is 370 g/mol. The van der Waals surface area contributed by atoms with E-state index >= 15 is 0 Å². The van der Waals surface area contributed by atoms with Crippen molar-refractivity contribution in [3.05, 3.63) is 59.9 Å². The molecule has 8 heteroatoms. The quantitative estimate of drug-likeness (QED) is 0.754. The van der Waals surface area contributed by atoms with Crippen LogP contribution in [0.25, 0.3) is 0 Å². The number of amides is 1. The maximum absolute atomic E-state index is 13.1. The van der Waals surface area contributed by atoms with E-state index in [0.29, 0.717) is 5.69 Å². The van der Waals surface area contributed by atoms with E-state index < -0.39 is 0 Å². The van der Waals surface area contributed by atoms with Crippen LogP contribution in [0, 0.1) is 5.82 Å². The molecule has 27 heavy (non-hydrogen) atoms. The number of hydrogen-bond acceptors (Lipinski definition) is 6. The van der Waals surface area contributed by atoms with Crippen LogP contribution in [0.2, 0.25) is 0 Å². The maximum atomic E-state index is 13.1. The molecule has 142 valence electrons. The Bertz CT molecular complexity index is 764. The number of rotatable bonds is 4. The van der Waals surface area contributed by atoms with Crippen molar-refractivity contribution in [1.29, 1.82) is 0 Å². The first kappa shape index (κ1) is 18.0. The second-order valence-electron chi connectivity index (χ2n) is 7.02. The van der Waals surface area contributed by atoms with Gasteiger partial charge in [0.2, 0.25) is 0 Å². The predicted octanol–water partition coefficient (Wildman–Crippen LogP) is 1.38. The number of carbonyl (C=O) groups is 1. The molecule has 2 fully saturated rings. The minimum atomic E-state index is -0.216. The van der Waals surface area contributed by atoms with Crippen molar-refractivity contribution >= 4 is 5.91 Å². The van der Waals surface area contributed by atoms with Crippen LogP contribution in [0.3, 0.4) is 0 Å². The van der Waals surface area contributed by atoms with E-state index in [9.17, 15) is 9.18 Å². The molecule has 2 atom stereocenters. The summed E-state index contributed by atoms with van der Waals surface area (Å²) in [6, 6.07) is 6.96. The molecule has 2 unspecified atom stereocenters. The Hall–Kier alpha value is -2.42. The van der Waals surface area contributed by atoms with Gasteiger partial charge in [0.1, 0.15) is 11.5 Å². The first-order valence-electron chi connectivity index (χ1n) is 9.26. The molecule has 0 bridgehead atoms. The summed E-state index contributed by atoms with van der Waals surface area (Å²) in [6.07, 6.45) is 7.50. The summed E-state index contributed by atoms with van der Waals surface area (Å²) in [6.45, 7) is 1.81. The van der Waals surface area contributed by atoms with E-state index in [1.54, 1.807) is 6.20 Å². The van der Waals surface area contributed by atoms with Gasteiger partial charge in [0.25, 0.3) is 5.91 Å². The van der Waals surface area contributed by atoms with E-state index in [1.165, 1.54) is 24.5 Å². The molecule has 0 saturated carbocycles. The normalized spacial score (nSPS) is 24.0. The Morgan fingerprint density at radius 2 is 1.93 bits per heavy atom. The fourth-order valence-electron chi connectivity index (χ4n) is 3.72. The number of nitrogens with one attached hydrogen (secondary N) is 3. The lowest BCUT2D eigenvalue weighted by Crippen LogP contribution is -2.51. The van der Waals surface area contributed by atoms with Crippen molar-refractivity contribution in [3.63, 3.8) is 0 Å². The van der Waals surface area contributed by atoms with Crippen LogP contribution < -0.4 is 16.2 Å². The number of likely N-dealkylation sites (tertiary alicyclic amines) is 1. The van der Waals surface area contributed by atoms with Crippen LogP contribution in [-0.2, 0) is 0 Å². The smallest absolute Gasteiger partial charge is 0.271 e. The number of piperidine rings is 1. The number of hydrazine groups is 1. The van der Waals surface area contributed by atoms with Crippen molar-refractivity contribution in [3.8, 4) is 0 Å². The van der Waals surface area contributed by atoms with E-state index in [-0.39, 0.29) is 30.0 Å². The highest BCUT2D eigenvalue weighted by Gasteiger charge is 2.32. The molecule has 2 aliphatic heterocycles. The van der Waals surface area contributed by atoms with E-state index in [1.807, 2.05) is 12.1 Å². The fraction of sp³-hybridized carbons (Fsp3) is 0.421. The van der Waals surface area contributed by atoms with Gasteiger partial charge in [-0.15, -0.1) is 0 Å². The van der Waals surface area contributed by atoms with Gasteiger partial charge in [-0.1, -0.05) is 12.1 Å². The van der Waals surface area contributed by atoms with Crippen molar-refractivity contribution in [2.24, 2.45) is 0 Å². The SMILES string of the molecule is O=C(NC1CCN(C2CC(c3ccc(F)cc3)NN2)CC1)c1cnccn1. The number of benzene rings is 1. The molecular weight excluding hydrogens is 347 g/mol. The van der Waals surface area contributed by atoms with E-state index in [2.05, 4.69) is 31.0 Å². The van der Waals surface area contributed by atoms with Gasteiger partial charge in [-0.2, -0.15) is 0 Å². The lowest BCUT2D eigenvalue weighted by Gasteiger charge is -2.35. The van der Waals surface area contributed by atoms with Crippen LogP contribution in [0.5, 0.6) is 0 Å². The molecule has 1 aromatic heterocycles. The highest BCUT2D eigenvalue weighted by atomic mass is 19.1. The van der Waals surface area contributed by atoms with Crippen LogP contribution in [0.1, 0.15) is 41.4 Å². The topological polar surface area (TPSA) is 82.2 Å². The predicted molar refractivity (Wildman–Crippen MR) is 97.9 cm³/mol. The second-order valence-corrected chi connectivity index (χ2v) is 7.02. The highest BCUT2D eigenvalue weighted by molar-refractivity contribution is 5.92. The molecule has 2 saturated heterocycles. The van der Waals surface area contributed by atoms with Crippen molar-refractivity contribution in [1.82, 2.24) is 31.0 Å². The molecule has 0 aliphatic carbocycles. The van der Waals surface area contributed by atoms with Crippen LogP contribution >= 0.6 is 0 Å². The molecular formula is C19H23FN6O. The summed E-state index contributed by atoms with van der Waals surface area (Å²) in [7, 11) is 0. The Morgan fingerprint density at radius 1 is 1.15 bits per heavy atom. The van der Waals surface area contributed by atoms with Gasteiger partial charge < -0.3 is 5.32 Å². The summed E-state index contributed by atoms with van der Waals surface area (Å²) < 4.78 is 13.1. The van der Waals surface area contributed by atoms with Crippen molar-refractivity contribution in [2.45, 2.75) is 37.5 Å². The summed E-state index contributed by atoms with van der Waals surface area (Å²) >= 11 is 0. The van der Waals surface area contributed by atoms with Gasteiger partial charge in [0, 0.05) is 37.6 Å². The van der Waals surface area contributed by atoms with Crippen LogP contribution in [-0.4, -0.2) is 46.1 Å². The zero-order chi connectivity index (χ0) is 18.6. The Labute approximate surface area is 157 Å². The zero-order valence-corrected chi connectivity index (χ0v) is 14.9. The molecule has 1 aromatic carbocycles. The number of aromatic nitrogens is 2. The summed E-state index contributed by atoms with van der Waals surface area (Å²) in [5.41, 5.74) is 8.08. The number of hydrogen-bond donors (Lipinski definition) is 3. The molecule has 4 rings (SSSR count). The monoisotopic (exact) mass is 370 g/mol. The minimum Gasteiger partial charge on any atom is -0.348 e. The molecule has 0 radical (unpaired) electrons. The van der Waals surface area contributed by atoms with E-state index in [0.717, 1.165) is 37.9 Å². The molecule has 1 amide bonds. The first-order valence-corrected chi connectivity index (χ1v) is 9.26. The summed E-state index contributed by atoms with van der Waals surface area (Å²) in [5.74, 6) is -0.384. The molecule has 0 spiro atoms. The first-order chi connectivity index (χ1) is 13.2. The fourth-order valence-corrected chi connectivity index (χ4v) is 3.72. The molecule has 7 nitrogen and oxygen atoms in total. The lowest BCUT2D eigenvalue weighted by atomic mass is 10.0. The van der Waals surface area contributed by atoms with Crippen molar-refractivity contribution in [2.75, 3.05) is 13.1 Å². The number of nitrogens with zero attached hydrogens (tertiary/aromatic N) is 3. The number of halogens is 1. The molecule has 3 heterocycles. The van der Waals surface area contributed by atoms with Gasteiger partial charge in [-0.05, 0) is 37.0 Å². The summed E-state index contributed by atoms with van der Waals surface area (Å²) in [5, 5.41) is 3.05. The van der Waals surface area contributed by atoms with Gasteiger partial charge in [-0.3, -0.25) is 14.7 Å².